The Morgan fingerprint density at radius 2 is 1.66 bits per heavy atom. The van der Waals surface area contributed by atoms with Crippen LogP contribution in [-0.2, 0) is 32.6 Å². The van der Waals surface area contributed by atoms with Gasteiger partial charge in [0.05, 0.1) is 11.9 Å². The molecule has 0 spiro atoms. The zero-order valence-electron chi connectivity index (χ0n) is 23.2. The SMILES string of the molecule is Cc1ccc(Cl)cc1N(CC(=O)N(Cc1ccc(Br)cc1)[C@H](Cc1ccccc1)C(=O)NC1CCCC1)S(C)(=O)=O. The molecule has 0 saturated heterocycles. The lowest BCUT2D eigenvalue weighted by Crippen LogP contribution is -2.54. The number of nitrogens with zero attached hydrogens (tertiary/aromatic N) is 2. The van der Waals surface area contributed by atoms with Crippen LogP contribution in [0.2, 0.25) is 5.02 Å². The summed E-state index contributed by atoms with van der Waals surface area (Å²) in [6.45, 7) is 1.42. The zero-order valence-corrected chi connectivity index (χ0v) is 26.4. The molecule has 7 nitrogen and oxygen atoms in total. The minimum Gasteiger partial charge on any atom is -0.352 e. The van der Waals surface area contributed by atoms with Crippen LogP contribution in [0.25, 0.3) is 0 Å². The van der Waals surface area contributed by atoms with Crippen LogP contribution in [0.1, 0.15) is 42.4 Å². The van der Waals surface area contributed by atoms with Crippen molar-refractivity contribution in [2.45, 2.75) is 57.7 Å². The number of rotatable bonds is 11. The Morgan fingerprint density at radius 3 is 2.29 bits per heavy atom. The molecule has 1 saturated carbocycles. The van der Waals surface area contributed by atoms with Gasteiger partial charge in [0.2, 0.25) is 21.8 Å². The van der Waals surface area contributed by atoms with Crippen molar-refractivity contribution in [3.05, 3.63) is 99.0 Å². The number of aryl methyl sites for hydroxylation is 1. The van der Waals surface area contributed by atoms with E-state index >= 15 is 0 Å². The molecule has 1 atom stereocenters. The quantitative estimate of drug-likeness (QED) is 0.279. The molecule has 0 aromatic heterocycles. The van der Waals surface area contributed by atoms with Gasteiger partial charge in [-0.15, -0.1) is 0 Å². The van der Waals surface area contributed by atoms with Crippen molar-refractivity contribution in [1.29, 1.82) is 0 Å². The first-order valence-corrected chi connectivity index (χ1v) is 16.7. The van der Waals surface area contributed by atoms with Gasteiger partial charge in [-0.25, -0.2) is 8.42 Å². The molecular formula is C31H35BrClN3O4S. The molecule has 218 valence electrons. The van der Waals surface area contributed by atoms with Crippen LogP contribution in [0, 0.1) is 6.92 Å². The molecule has 10 heteroatoms. The van der Waals surface area contributed by atoms with Gasteiger partial charge < -0.3 is 10.2 Å². The molecule has 2 amide bonds. The Balaban J connectivity index is 1.74. The van der Waals surface area contributed by atoms with Crippen molar-refractivity contribution in [3.8, 4) is 0 Å². The summed E-state index contributed by atoms with van der Waals surface area (Å²) in [5.74, 6) is -0.726. The average molecular weight is 661 g/mol. The molecule has 3 aromatic rings. The van der Waals surface area contributed by atoms with Gasteiger partial charge in [0, 0.05) is 28.5 Å². The summed E-state index contributed by atoms with van der Waals surface area (Å²) >= 11 is 9.67. The fourth-order valence-corrected chi connectivity index (χ4v) is 6.48. The lowest BCUT2D eigenvalue weighted by atomic mass is 10.0. The van der Waals surface area contributed by atoms with E-state index in [0.29, 0.717) is 16.3 Å². The highest BCUT2D eigenvalue weighted by Crippen LogP contribution is 2.27. The zero-order chi connectivity index (χ0) is 29.6. The Hall–Kier alpha value is -2.88. The van der Waals surface area contributed by atoms with Gasteiger partial charge in [0.15, 0.2) is 0 Å². The van der Waals surface area contributed by atoms with Crippen LogP contribution in [0.4, 0.5) is 5.69 Å². The number of hydrogen-bond donors (Lipinski definition) is 1. The number of amides is 2. The average Bonchev–Trinajstić information content (AvgIpc) is 3.44. The number of carbonyl (C=O) groups excluding carboxylic acids is 2. The van der Waals surface area contributed by atoms with Crippen LogP contribution in [0.15, 0.2) is 77.3 Å². The second-order valence-corrected chi connectivity index (χ2v) is 13.8. The van der Waals surface area contributed by atoms with Gasteiger partial charge in [-0.1, -0.05) is 88.9 Å². The van der Waals surface area contributed by atoms with Crippen molar-refractivity contribution in [2.24, 2.45) is 0 Å². The number of hydrogen-bond acceptors (Lipinski definition) is 4. The topological polar surface area (TPSA) is 86.8 Å². The van der Waals surface area contributed by atoms with E-state index < -0.39 is 28.5 Å². The summed E-state index contributed by atoms with van der Waals surface area (Å²) in [6, 6.07) is 21.2. The van der Waals surface area contributed by atoms with Gasteiger partial charge in [0.1, 0.15) is 12.6 Å². The standard InChI is InChI=1S/C31H35BrClN3O4S/c1-22-12-17-26(33)19-28(22)36(41(2,39)40)21-30(37)35(20-24-13-15-25(32)16-14-24)29(18-23-8-4-3-5-9-23)31(38)34-27-10-6-7-11-27/h3-5,8-9,12-17,19,27,29H,6-7,10-11,18,20-21H2,1-2H3,(H,34,38)/t29-/m1/s1. The molecule has 1 aliphatic carbocycles. The summed E-state index contributed by atoms with van der Waals surface area (Å²) in [5, 5.41) is 3.53. The minimum absolute atomic E-state index is 0.0621. The molecule has 1 fully saturated rings. The Kier molecular flexibility index (Phi) is 10.5. The normalized spacial score (nSPS) is 14.4. The maximum atomic E-state index is 14.2. The predicted molar refractivity (Wildman–Crippen MR) is 167 cm³/mol. The molecule has 1 aliphatic rings. The number of halogens is 2. The largest absolute Gasteiger partial charge is 0.352 e. The van der Waals surface area contributed by atoms with Gasteiger partial charge in [-0.3, -0.25) is 13.9 Å². The first kappa shape index (κ1) is 31.1. The van der Waals surface area contributed by atoms with Gasteiger partial charge in [0.25, 0.3) is 0 Å². The highest BCUT2D eigenvalue weighted by atomic mass is 79.9. The molecule has 0 heterocycles. The van der Waals surface area contributed by atoms with Crippen LogP contribution >= 0.6 is 27.5 Å². The Bertz CT molecular complexity index is 1460. The number of benzene rings is 3. The Labute approximate surface area is 256 Å². The monoisotopic (exact) mass is 659 g/mol. The van der Waals surface area contributed by atoms with Crippen molar-refractivity contribution >= 4 is 55.1 Å². The number of nitrogens with one attached hydrogen (secondary N) is 1. The van der Waals surface area contributed by atoms with Crippen molar-refractivity contribution in [2.75, 3.05) is 17.1 Å². The minimum atomic E-state index is -3.87. The fourth-order valence-electron chi connectivity index (χ4n) is 5.15. The third kappa shape index (κ3) is 8.56. The van der Waals surface area contributed by atoms with Crippen molar-refractivity contribution < 1.29 is 18.0 Å². The van der Waals surface area contributed by atoms with E-state index in [1.807, 2.05) is 54.6 Å². The third-order valence-electron chi connectivity index (χ3n) is 7.36. The van der Waals surface area contributed by atoms with E-state index in [-0.39, 0.29) is 24.9 Å². The number of carbonyl (C=O) groups is 2. The third-order valence-corrected chi connectivity index (χ3v) is 9.25. The van der Waals surface area contributed by atoms with Crippen LogP contribution < -0.4 is 9.62 Å². The first-order valence-electron chi connectivity index (χ1n) is 13.6. The molecule has 0 unspecified atom stereocenters. The maximum absolute atomic E-state index is 14.2. The maximum Gasteiger partial charge on any atom is 0.244 e. The summed E-state index contributed by atoms with van der Waals surface area (Å²) in [5.41, 5.74) is 2.70. The Morgan fingerprint density at radius 1 is 1.00 bits per heavy atom. The fraction of sp³-hybridized carbons (Fsp3) is 0.355. The molecule has 0 radical (unpaired) electrons. The van der Waals surface area contributed by atoms with E-state index in [1.165, 1.54) is 4.90 Å². The van der Waals surface area contributed by atoms with Crippen molar-refractivity contribution in [3.63, 3.8) is 0 Å². The number of sulfonamides is 1. The van der Waals surface area contributed by atoms with Gasteiger partial charge in [-0.05, 0) is 60.7 Å². The lowest BCUT2D eigenvalue weighted by Gasteiger charge is -2.34. The molecular weight excluding hydrogens is 626 g/mol. The molecule has 1 N–H and O–H groups in total. The lowest BCUT2D eigenvalue weighted by molar-refractivity contribution is -0.140. The van der Waals surface area contributed by atoms with Crippen LogP contribution in [0.3, 0.4) is 0 Å². The van der Waals surface area contributed by atoms with Crippen LogP contribution in [0.5, 0.6) is 0 Å². The summed E-state index contributed by atoms with van der Waals surface area (Å²) < 4.78 is 28.0. The first-order chi connectivity index (χ1) is 19.5. The molecule has 4 rings (SSSR count). The summed E-state index contributed by atoms with van der Waals surface area (Å²) in [7, 11) is -3.87. The molecule has 3 aromatic carbocycles. The second kappa shape index (κ2) is 13.9. The van der Waals surface area contributed by atoms with Gasteiger partial charge >= 0.3 is 0 Å². The number of anilines is 1. The smallest absolute Gasteiger partial charge is 0.244 e. The molecule has 41 heavy (non-hydrogen) atoms. The molecule has 0 aliphatic heterocycles. The summed E-state index contributed by atoms with van der Waals surface area (Å²) in [6.07, 6.45) is 5.27. The van der Waals surface area contributed by atoms with Crippen LogP contribution in [-0.4, -0.2) is 50.0 Å². The van der Waals surface area contributed by atoms with Gasteiger partial charge in [-0.2, -0.15) is 0 Å². The van der Waals surface area contributed by atoms with E-state index in [0.717, 1.165) is 51.8 Å². The van der Waals surface area contributed by atoms with E-state index in [4.69, 9.17) is 11.6 Å². The van der Waals surface area contributed by atoms with E-state index in [1.54, 1.807) is 25.1 Å². The van der Waals surface area contributed by atoms with E-state index in [9.17, 15) is 18.0 Å². The highest BCUT2D eigenvalue weighted by Gasteiger charge is 2.34. The predicted octanol–water partition coefficient (Wildman–Crippen LogP) is 5.88. The second-order valence-electron chi connectivity index (χ2n) is 10.5. The summed E-state index contributed by atoms with van der Waals surface area (Å²) in [4.78, 5) is 29.6. The van der Waals surface area contributed by atoms with Crippen molar-refractivity contribution in [1.82, 2.24) is 10.2 Å². The van der Waals surface area contributed by atoms with E-state index in [2.05, 4.69) is 21.2 Å². The molecule has 0 bridgehead atoms. The highest BCUT2D eigenvalue weighted by molar-refractivity contribution is 9.10.